The Morgan fingerprint density at radius 3 is 1.32 bits per heavy atom. The van der Waals surface area contributed by atoms with Gasteiger partial charge in [-0.05, 0) is 157 Å². The van der Waals surface area contributed by atoms with E-state index in [9.17, 15) is 15.0 Å². The molecule has 0 saturated carbocycles. The molecule has 0 aliphatic heterocycles. The molecule has 0 fully saturated rings. The first-order valence-corrected chi connectivity index (χ1v) is 17.7. The van der Waals surface area contributed by atoms with Crippen molar-refractivity contribution in [1.82, 2.24) is 5.32 Å². The molecule has 0 aliphatic carbocycles. The average Bonchev–Trinajstić information content (AvgIpc) is 2.98. The van der Waals surface area contributed by atoms with E-state index in [1.54, 1.807) is 12.1 Å². The van der Waals surface area contributed by atoms with Crippen LogP contribution in [0.4, 0.5) is 0 Å². The van der Waals surface area contributed by atoms with Crippen molar-refractivity contribution < 1.29 is 15.0 Å². The lowest BCUT2D eigenvalue weighted by Gasteiger charge is -2.06. The van der Waals surface area contributed by atoms with Crippen molar-refractivity contribution in [2.45, 2.75) is 139 Å². The first-order valence-electron chi connectivity index (χ1n) is 17.7. The summed E-state index contributed by atoms with van der Waals surface area (Å²) in [6.45, 7) is 18.1. The molecule has 47 heavy (non-hydrogen) atoms. The second kappa shape index (κ2) is 24.6. The van der Waals surface area contributed by atoms with Gasteiger partial charge >= 0.3 is 0 Å². The Morgan fingerprint density at radius 1 is 0.553 bits per heavy atom. The molecule has 0 unspecified atom stereocenters. The predicted molar refractivity (Wildman–Crippen MR) is 204 cm³/mol. The molecule has 0 radical (unpaired) electrons. The van der Waals surface area contributed by atoms with Crippen LogP contribution in [-0.2, 0) is 11.2 Å². The van der Waals surface area contributed by atoms with Gasteiger partial charge in [0.15, 0.2) is 11.5 Å². The second-order valence-electron chi connectivity index (χ2n) is 13.6. The van der Waals surface area contributed by atoms with Crippen LogP contribution in [0.1, 0.15) is 138 Å². The first kappa shape index (κ1) is 41.5. The molecule has 1 amide bonds. The number of amides is 1. The molecule has 1 aromatic rings. The van der Waals surface area contributed by atoms with Gasteiger partial charge in [-0.2, -0.15) is 0 Å². The van der Waals surface area contributed by atoms with Crippen molar-refractivity contribution >= 4 is 5.91 Å². The zero-order valence-electron chi connectivity index (χ0n) is 31.0. The van der Waals surface area contributed by atoms with Gasteiger partial charge in [-0.15, -0.1) is 0 Å². The van der Waals surface area contributed by atoms with E-state index >= 15 is 0 Å². The summed E-state index contributed by atoms with van der Waals surface area (Å²) in [5.41, 5.74) is 10.7. The third-order valence-electron chi connectivity index (χ3n) is 8.38. The van der Waals surface area contributed by atoms with Gasteiger partial charge in [-0.1, -0.05) is 81.5 Å². The van der Waals surface area contributed by atoms with Crippen molar-refractivity contribution in [3.8, 4) is 11.5 Å². The normalized spacial score (nSPS) is 13.6. The minimum atomic E-state index is -0.141. The number of phenols is 2. The summed E-state index contributed by atoms with van der Waals surface area (Å²) in [5.74, 6) is -0.376. The summed E-state index contributed by atoms with van der Waals surface area (Å²) in [5, 5.41) is 21.9. The lowest BCUT2D eigenvalue weighted by molar-refractivity contribution is -0.116. The fraction of sp³-hybridized carbons (Fsp3) is 0.512. The zero-order valence-corrected chi connectivity index (χ0v) is 31.0. The molecule has 0 atom stereocenters. The van der Waals surface area contributed by atoms with Crippen LogP contribution in [0.3, 0.4) is 0 Å². The number of phenolic OH excluding ortho intramolecular Hbond substituents is 2. The number of hydrogen-bond acceptors (Lipinski definition) is 3. The Morgan fingerprint density at radius 2 is 0.936 bits per heavy atom. The molecule has 0 heterocycles. The van der Waals surface area contributed by atoms with E-state index in [-0.39, 0.29) is 17.4 Å². The molecule has 4 heteroatoms. The molecule has 3 N–H and O–H groups in total. The summed E-state index contributed by atoms with van der Waals surface area (Å²) in [6.07, 6.45) is 29.6. The van der Waals surface area contributed by atoms with E-state index in [1.165, 1.54) is 52.0 Å². The van der Waals surface area contributed by atoms with Crippen LogP contribution < -0.4 is 5.32 Å². The van der Waals surface area contributed by atoms with Crippen molar-refractivity contribution in [3.05, 3.63) is 105 Å². The second-order valence-corrected chi connectivity index (χ2v) is 13.6. The third kappa shape index (κ3) is 22.6. The van der Waals surface area contributed by atoms with Crippen LogP contribution in [0.15, 0.2) is 99.7 Å². The lowest BCUT2D eigenvalue weighted by atomic mass is 10.0. The van der Waals surface area contributed by atoms with Crippen LogP contribution in [0.2, 0.25) is 0 Å². The van der Waals surface area contributed by atoms with Crippen LogP contribution >= 0.6 is 0 Å². The SMILES string of the molecule is CC(C)=CCCC(C)=CCCC(C)=CCCC(C)=CCCC(C)=CCCC(C)=CCCC(C)=CC(=O)NCCc1ccc(O)c(O)c1. The minimum Gasteiger partial charge on any atom is -0.504 e. The molecule has 260 valence electrons. The van der Waals surface area contributed by atoms with Gasteiger partial charge in [0, 0.05) is 12.6 Å². The smallest absolute Gasteiger partial charge is 0.243 e. The van der Waals surface area contributed by atoms with Gasteiger partial charge in [0.1, 0.15) is 0 Å². The maximum Gasteiger partial charge on any atom is 0.243 e. The fourth-order valence-electron chi connectivity index (χ4n) is 5.23. The van der Waals surface area contributed by atoms with Crippen LogP contribution in [0, 0.1) is 0 Å². The highest BCUT2D eigenvalue weighted by atomic mass is 16.3. The third-order valence-corrected chi connectivity index (χ3v) is 8.38. The number of rotatable bonds is 22. The van der Waals surface area contributed by atoms with Gasteiger partial charge < -0.3 is 15.5 Å². The number of allylic oxidation sites excluding steroid dienone is 13. The molecule has 0 spiro atoms. The molecule has 4 nitrogen and oxygen atoms in total. The monoisotopic (exact) mass is 643 g/mol. The van der Waals surface area contributed by atoms with Gasteiger partial charge in [0.05, 0.1) is 0 Å². The zero-order chi connectivity index (χ0) is 35.0. The summed E-state index contributed by atoms with van der Waals surface area (Å²) in [4.78, 5) is 12.2. The van der Waals surface area contributed by atoms with E-state index in [0.29, 0.717) is 13.0 Å². The number of carbonyl (C=O) groups is 1. The summed E-state index contributed by atoms with van der Waals surface area (Å²) >= 11 is 0. The van der Waals surface area contributed by atoms with E-state index in [4.69, 9.17) is 0 Å². The Hall–Kier alpha value is -3.53. The average molecular weight is 644 g/mol. The van der Waals surface area contributed by atoms with E-state index < -0.39 is 0 Å². The van der Waals surface area contributed by atoms with E-state index in [2.05, 4.69) is 90.2 Å². The molecular formula is C43H65NO3. The predicted octanol–water partition coefficient (Wildman–Crippen LogP) is 12.1. The minimum absolute atomic E-state index is 0.0979. The van der Waals surface area contributed by atoms with Gasteiger partial charge in [-0.25, -0.2) is 0 Å². The molecule has 0 bridgehead atoms. The first-order chi connectivity index (χ1) is 22.3. The lowest BCUT2D eigenvalue weighted by Crippen LogP contribution is -2.23. The van der Waals surface area contributed by atoms with Crippen molar-refractivity contribution in [2.75, 3.05) is 6.54 Å². The Balaban J connectivity index is 2.24. The highest BCUT2D eigenvalue weighted by Gasteiger charge is 2.03. The molecular weight excluding hydrogens is 578 g/mol. The van der Waals surface area contributed by atoms with Crippen molar-refractivity contribution in [1.29, 1.82) is 0 Å². The molecule has 1 rings (SSSR count). The number of carbonyl (C=O) groups excluding carboxylic acids is 1. The highest BCUT2D eigenvalue weighted by molar-refractivity contribution is 5.88. The molecule has 1 aromatic carbocycles. The summed E-state index contributed by atoms with van der Waals surface area (Å²) < 4.78 is 0. The quantitative estimate of drug-likeness (QED) is 0.0669. The Kier molecular flexibility index (Phi) is 21.7. The van der Waals surface area contributed by atoms with Gasteiger partial charge in [0.25, 0.3) is 0 Å². The Bertz CT molecular complexity index is 1310. The fourth-order valence-corrected chi connectivity index (χ4v) is 5.23. The molecule has 0 saturated heterocycles. The molecule has 0 aliphatic rings. The number of benzene rings is 1. The summed E-state index contributed by atoms with van der Waals surface area (Å²) in [7, 11) is 0. The summed E-state index contributed by atoms with van der Waals surface area (Å²) in [6, 6.07) is 4.72. The largest absolute Gasteiger partial charge is 0.504 e. The van der Waals surface area contributed by atoms with Crippen molar-refractivity contribution in [3.63, 3.8) is 0 Å². The molecule has 0 aromatic heterocycles. The van der Waals surface area contributed by atoms with Crippen molar-refractivity contribution in [2.24, 2.45) is 0 Å². The number of nitrogens with one attached hydrogen (secondary N) is 1. The van der Waals surface area contributed by atoms with Crippen LogP contribution in [0.5, 0.6) is 11.5 Å². The maximum absolute atomic E-state index is 12.2. The van der Waals surface area contributed by atoms with E-state index in [1.807, 2.05) is 6.92 Å². The Labute approximate surface area is 287 Å². The highest BCUT2D eigenvalue weighted by Crippen LogP contribution is 2.25. The van der Waals surface area contributed by atoms with Gasteiger partial charge in [-0.3, -0.25) is 4.79 Å². The maximum atomic E-state index is 12.2. The van der Waals surface area contributed by atoms with E-state index in [0.717, 1.165) is 81.8 Å². The van der Waals surface area contributed by atoms with Gasteiger partial charge in [0.2, 0.25) is 5.91 Å². The number of hydrogen-bond donors (Lipinski definition) is 3. The number of aromatic hydroxyl groups is 2. The standard InChI is InChI=1S/C43H65NO3/c1-33(2)15-9-16-34(3)17-10-18-35(4)19-11-20-36(5)21-12-22-37(6)23-13-24-38(7)25-14-26-39(8)31-43(47)44-30-29-40-27-28-41(45)42(46)32-40/h15,17,19,21,23,25,27-28,31-32,45-46H,9-14,16,18,20,22,24,26,29-30H2,1-8H3,(H,44,47). The topological polar surface area (TPSA) is 69.6 Å². The van der Waals surface area contributed by atoms with Crippen LogP contribution in [0.25, 0.3) is 0 Å². The van der Waals surface area contributed by atoms with Crippen LogP contribution in [-0.4, -0.2) is 22.7 Å².